The molecule has 0 saturated heterocycles. The summed E-state index contributed by atoms with van der Waals surface area (Å²) >= 11 is 0. The van der Waals surface area contributed by atoms with Gasteiger partial charge in [-0.2, -0.15) is 0 Å². The van der Waals surface area contributed by atoms with Gasteiger partial charge in [-0.05, 0) is 31.5 Å². The number of rotatable bonds is 4. The molecule has 0 unspecified atom stereocenters. The number of aryl methyl sites for hydroxylation is 3. The summed E-state index contributed by atoms with van der Waals surface area (Å²) in [5.41, 5.74) is 8.13. The molecule has 1 aromatic heterocycles. The molecule has 5 nitrogen and oxygen atoms in total. The zero-order chi connectivity index (χ0) is 13.8. The molecule has 0 saturated carbocycles. The summed E-state index contributed by atoms with van der Waals surface area (Å²) in [6.07, 6.45) is 4.01. The van der Waals surface area contributed by atoms with E-state index in [1.165, 1.54) is 0 Å². The summed E-state index contributed by atoms with van der Waals surface area (Å²) in [6, 6.07) is 5.49. The van der Waals surface area contributed by atoms with Gasteiger partial charge in [-0.3, -0.25) is 4.79 Å². The Bertz CT molecular complexity index is 589. The first kappa shape index (κ1) is 13.1. The third kappa shape index (κ3) is 3.34. The van der Waals surface area contributed by atoms with E-state index >= 15 is 0 Å². The van der Waals surface area contributed by atoms with Crippen LogP contribution in [0, 0.1) is 13.8 Å². The van der Waals surface area contributed by atoms with Crippen molar-refractivity contribution < 1.29 is 4.79 Å². The van der Waals surface area contributed by atoms with Gasteiger partial charge < -0.3 is 15.6 Å². The number of amides is 1. The molecule has 5 heteroatoms. The number of hydrogen-bond acceptors (Lipinski definition) is 3. The fraction of sp³-hybridized carbons (Fsp3) is 0.286. The minimum atomic E-state index is -0.0261. The molecule has 0 spiro atoms. The molecule has 3 N–H and O–H groups in total. The van der Waals surface area contributed by atoms with Crippen LogP contribution in [0.5, 0.6) is 0 Å². The number of nitrogens with zero attached hydrogens (tertiary/aromatic N) is 2. The van der Waals surface area contributed by atoms with Crippen LogP contribution >= 0.6 is 0 Å². The maximum absolute atomic E-state index is 11.9. The summed E-state index contributed by atoms with van der Waals surface area (Å²) in [7, 11) is 0. The molecular weight excluding hydrogens is 240 g/mol. The monoisotopic (exact) mass is 258 g/mol. The molecule has 0 fully saturated rings. The highest BCUT2D eigenvalue weighted by Gasteiger charge is 2.06. The number of imidazole rings is 1. The van der Waals surface area contributed by atoms with Gasteiger partial charge >= 0.3 is 0 Å². The van der Waals surface area contributed by atoms with Gasteiger partial charge in [-0.15, -0.1) is 0 Å². The van der Waals surface area contributed by atoms with Gasteiger partial charge in [-0.25, -0.2) is 4.98 Å². The number of carbonyl (C=O) groups excluding carboxylic acids is 1. The minimum absolute atomic E-state index is 0.0261. The van der Waals surface area contributed by atoms with Crippen molar-refractivity contribution in [1.29, 1.82) is 0 Å². The van der Waals surface area contributed by atoms with Crippen molar-refractivity contribution in [2.45, 2.75) is 26.8 Å². The van der Waals surface area contributed by atoms with E-state index in [9.17, 15) is 4.79 Å². The smallest absolute Gasteiger partial charge is 0.226 e. The zero-order valence-electron chi connectivity index (χ0n) is 11.2. The van der Waals surface area contributed by atoms with Crippen molar-refractivity contribution in [2.24, 2.45) is 0 Å². The van der Waals surface area contributed by atoms with Crippen molar-refractivity contribution in [1.82, 2.24) is 9.55 Å². The van der Waals surface area contributed by atoms with Crippen molar-refractivity contribution in [3.8, 4) is 0 Å². The van der Waals surface area contributed by atoms with Gasteiger partial charge in [-0.1, -0.05) is 6.07 Å². The highest BCUT2D eigenvalue weighted by atomic mass is 16.1. The van der Waals surface area contributed by atoms with Crippen LogP contribution in [-0.4, -0.2) is 15.5 Å². The first-order chi connectivity index (χ1) is 9.06. The Kier molecular flexibility index (Phi) is 3.85. The molecule has 19 heavy (non-hydrogen) atoms. The summed E-state index contributed by atoms with van der Waals surface area (Å²) in [5.74, 6) is 0.884. The molecular formula is C14H18N4O. The van der Waals surface area contributed by atoms with Gasteiger partial charge in [0.25, 0.3) is 0 Å². The second-order valence-corrected chi connectivity index (χ2v) is 4.54. The average Bonchev–Trinajstić information content (AvgIpc) is 2.77. The fourth-order valence-electron chi connectivity index (χ4n) is 1.85. The number of aromatic nitrogens is 2. The van der Waals surface area contributed by atoms with Crippen molar-refractivity contribution in [3.05, 3.63) is 42.0 Å². The molecule has 100 valence electrons. The van der Waals surface area contributed by atoms with E-state index in [1.54, 1.807) is 12.3 Å². The van der Waals surface area contributed by atoms with Crippen LogP contribution in [0.3, 0.4) is 0 Å². The standard InChI is InChI=1S/C14H18N4O/c1-10-3-4-12(15)9-13(10)17-14(19)5-7-18-8-6-16-11(18)2/h3-4,6,8-9H,5,7,15H2,1-2H3,(H,17,19). The average molecular weight is 258 g/mol. The third-order valence-corrected chi connectivity index (χ3v) is 3.04. The van der Waals surface area contributed by atoms with E-state index in [2.05, 4.69) is 10.3 Å². The SMILES string of the molecule is Cc1ccc(N)cc1NC(=O)CCn1ccnc1C. The van der Waals surface area contributed by atoms with Crippen LogP contribution in [0.2, 0.25) is 0 Å². The van der Waals surface area contributed by atoms with Crippen LogP contribution < -0.4 is 11.1 Å². The highest BCUT2D eigenvalue weighted by Crippen LogP contribution is 2.18. The van der Waals surface area contributed by atoms with Gasteiger partial charge in [0.1, 0.15) is 5.82 Å². The molecule has 1 amide bonds. The van der Waals surface area contributed by atoms with Crippen LogP contribution in [0.15, 0.2) is 30.6 Å². The Hall–Kier alpha value is -2.30. The van der Waals surface area contributed by atoms with E-state index in [0.717, 1.165) is 17.1 Å². The third-order valence-electron chi connectivity index (χ3n) is 3.04. The minimum Gasteiger partial charge on any atom is -0.399 e. The van der Waals surface area contributed by atoms with Gasteiger partial charge in [0.05, 0.1) is 0 Å². The Morgan fingerprint density at radius 1 is 1.42 bits per heavy atom. The van der Waals surface area contributed by atoms with Gasteiger partial charge in [0.2, 0.25) is 5.91 Å². The lowest BCUT2D eigenvalue weighted by Gasteiger charge is -2.10. The van der Waals surface area contributed by atoms with E-state index < -0.39 is 0 Å². The predicted molar refractivity (Wildman–Crippen MR) is 75.8 cm³/mol. The number of anilines is 2. The summed E-state index contributed by atoms with van der Waals surface area (Å²) in [5, 5.41) is 2.88. The first-order valence-corrected chi connectivity index (χ1v) is 6.20. The second-order valence-electron chi connectivity index (χ2n) is 4.54. The quantitative estimate of drug-likeness (QED) is 0.825. The molecule has 0 bridgehead atoms. The maximum Gasteiger partial charge on any atom is 0.226 e. The first-order valence-electron chi connectivity index (χ1n) is 6.20. The Labute approximate surface area is 112 Å². The molecule has 1 heterocycles. The zero-order valence-corrected chi connectivity index (χ0v) is 11.2. The van der Waals surface area contributed by atoms with Crippen molar-refractivity contribution in [3.63, 3.8) is 0 Å². The second kappa shape index (κ2) is 5.56. The van der Waals surface area contributed by atoms with Crippen LogP contribution in [0.1, 0.15) is 17.8 Å². The van der Waals surface area contributed by atoms with Crippen LogP contribution in [-0.2, 0) is 11.3 Å². The predicted octanol–water partition coefficient (Wildman–Crippen LogP) is 2.11. The van der Waals surface area contributed by atoms with Crippen molar-refractivity contribution >= 4 is 17.3 Å². The number of nitrogen functional groups attached to an aromatic ring is 1. The summed E-state index contributed by atoms with van der Waals surface area (Å²) < 4.78 is 1.95. The lowest BCUT2D eigenvalue weighted by molar-refractivity contribution is -0.116. The van der Waals surface area contributed by atoms with Gasteiger partial charge in [0, 0.05) is 36.7 Å². The molecule has 0 radical (unpaired) electrons. The fourth-order valence-corrected chi connectivity index (χ4v) is 1.85. The molecule has 2 aromatic rings. The molecule has 1 aromatic carbocycles. The number of benzene rings is 1. The summed E-state index contributed by atoms with van der Waals surface area (Å²) in [4.78, 5) is 16.0. The van der Waals surface area contributed by atoms with Gasteiger partial charge in [0.15, 0.2) is 0 Å². The van der Waals surface area contributed by atoms with E-state index in [1.807, 2.05) is 36.7 Å². The molecule has 0 aliphatic heterocycles. The number of carbonyl (C=O) groups is 1. The molecule has 0 aliphatic carbocycles. The number of nitrogens with two attached hydrogens (primary N) is 1. The number of nitrogens with one attached hydrogen (secondary N) is 1. The van der Waals surface area contributed by atoms with Crippen molar-refractivity contribution in [2.75, 3.05) is 11.1 Å². The Balaban J connectivity index is 1.94. The lowest BCUT2D eigenvalue weighted by Crippen LogP contribution is -2.15. The van der Waals surface area contributed by atoms with E-state index in [0.29, 0.717) is 18.7 Å². The van der Waals surface area contributed by atoms with E-state index in [4.69, 9.17) is 5.73 Å². The Morgan fingerprint density at radius 3 is 2.89 bits per heavy atom. The molecule has 0 atom stereocenters. The lowest BCUT2D eigenvalue weighted by atomic mass is 10.2. The van der Waals surface area contributed by atoms with Crippen LogP contribution in [0.25, 0.3) is 0 Å². The van der Waals surface area contributed by atoms with Crippen LogP contribution in [0.4, 0.5) is 11.4 Å². The number of hydrogen-bond donors (Lipinski definition) is 2. The largest absolute Gasteiger partial charge is 0.399 e. The topological polar surface area (TPSA) is 72.9 Å². The van der Waals surface area contributed by atoms with E-state index in [-0.39, 0.29) is 5.91 Å². The normalized spacial score (nSPS) is 10.4. The Morgan fingerprint density at radius 2 is 2.21 bits per heavy atom. The highest BCUT2D eigenvalue weighted by molar-refractivity contribution is 5.91. The molecule has 0 aliphatic rings. The molecule has 2 rings (SSSR count). The summed E-state index contributed by atoms with van der Waals surface area (Å²) in [6.45, 7) is 4.48. The maximum atomic E-state index is 11.9.